The van der Waals surface area contributed by atoms with E-state index in [0.717, 1.165) is 11.8 Å². The van der Waals surface area contributed by atoms with Gasteiger partial charge in [0.05, 0.1) is 25.1 Å². The summed E-state index contributed by atoms with van der Waals surface area (Å²) in [5.74, 6) is -4.28. The summed E-state index contributed by atoms with van der Waals surface area (Å²) in [6.45, 7) is 13.2. The molecular weight excluding hydrogens is 917 g/mol. The van der Waals surface area contributed by atoms with Gasteiger partial charge in [-0.1, -0.05) is 32.9 Å². The molecule has 3 N–H and O–H groups in total. The molecule has 0 bridgehead atoms. The van der Waals surface area contributed by atoms with Crippen LogP contribution in [0.3, 0.4) is 0 Å². The molecule has 4 aliphatic rings. The predicted octanol–water partition coefficient (Wildman–Crippen LogP) is 8.07. The fraction of sp³-hybridized carbons (Fsp3) is 0.580. The summed E-state index contributed by atoms with van der Waals surface area (Å²) >= 11 is 0. The molecular formula is C50H65F2N5O11S. The molecule has 1 aromatic heterocycles. The van der Waals surface area contributed by atoms with E-state index in [9.17, 15) is 23.1 Å². The van der Waals surface area contributed by atoms with Crippen LogP contribution in [0.5, 0.6) is 23.1 Å². The van der Waals surface area contributed by atoms with Gasteiger partial charge in [-0.05, 0) is 134 Å². The van der Waals surface area contributed by atoms with Gasteiger partial charge < -0.3 is 29.4 Å². The van der Waals surface area contributed by atoms with Crippen LogP contribution < -0.4 is 29.0 Å². The van der Waals surface area contributed by atoms with Crippen LogP contribution in [-0.2, 0) is 24.4 Å². The van der Waals surface area contributed by atoms with Crippen LogP contribution in [0.4, 0.5) is 13.6 Å². The highest BCUT2D eigenvalue weighted by Gasteiger charge is 2.71. The van der Waals surface area contributed by atoms with Crippen LogP contribution in [0.2, 0.25) is 0 Å². The quantitative estimate of drug-likeness (QED) is 0.110. The second-order valence-electron chi connectivity index (χ2n) is 20.1. The lowest BCUT2D eigenvalue weighted by molar-refractivity contribution is -0.219. The van der Waals surface area contributed by atoms with Gasteiger partial charge in [-0.25, -0.2) is 18.2 Å². The number of hydrogen-bond acceptors (Lipinski definition) is 11. The Bertz CT molecular complexity index is 2630. The van der Waals surface area contributed by atoms with Gasteiger partial charge in [-0.3, -0.25) is 28.9 Å². The second-order valence-corrected chi connectivity index (χ2v) is 22.3. The molecule has 4 amide bonds. The van der Waals surface area contributed by atoms with E-state index >= 15 is 18.4 Å². The molecule has 8 atom stereocenters. The lowest BCUT2D eigenvalue weighted by Gasteiger charge is -2.42. The van der Waals surface area contributed by atoms with Crippen molar-refractivity contribution in [3.05, 3.63) is 54.6 Å². The average Bonchev–Trinajstić information content (AvgIpc) is 4.20. The molecule has 376 valence electrons. The summed E-state index contributed by atoms with van der Waals surface area (Å²) in [5.41, 5.74) is -3.94. The molecule has 16 nitrogen and oxygen atoms in total. The minimum atomic E-state index is -4.37. The van der Waals surface area contributed by atoms with E-state index in [0.29, 0.717) is 48.1 Å². The van der Waals surface area contributed by atoms with E-state index in [1.807, 2.05) is 26.8 Å². The number of halogens is 2. The van der Waals surface area contributed by atoms with E-state index in [-0.39, 0.29) is 58.9 Å². The minimum Gasteiger partial charge on any atom is -0.497 e. The van der Waals surface area contributed by atoms with Crippen molar-refractivity contribution in [2.75, 3.05) is 14.2 Å². The molecule has 2 aliphatic carbocycles. The molecule has 0 radical (unpaired) electrons. The molecule has 2 aliphatic heterocycles. The zero-order valence-electron chi connectivity index (χ0n) is 40.9. The number of carbonyl (C=O) groups is 4. The normalized spacial score (nSPS) is 28.5. The molecule has 2 saturated carbocycles. The standard InChI is InChI=1S/C50H65F2N5O11S/c1-11-31(6)56(46(61)62)40-30(5)24-29(4)14-12-13-15-33-26-49(33,45(60)55-69(63,64)47(7)22-23-47)54-42(58)38-27-48(8,50(51,52)57(38)44(40)59)68-43-36-21-20-35(65-9)25-37(36)41(66-10)39(53-43)32-16-18-34(19-17-32)67-28(2)3/h13,15-21,25,28-31,33,38,40H,11-12,14,22-24,26-27H2,1-10H3,(H,54,58)(H,55,60)(H,61,62)/b15-13-/t29-,30+,31?,33+,38-,40-,48+,49+/m0/s1. The molecule has 19 heteroatoms. The number of alkyl halides is 2. The number of allylic oxidation sites excluding steroid dienone is 1. The van der Waals surface area contributed by atoms with Gasteiger partial charge in [0.25, 0.3) is 11.8 Å². The number of nitrogens with zero attached hydrogens (tertiary/aromatic N) is 3. The van der Waals surface area contributed by atoms with E-state index in [2.05, 4.69) is 10.0 Å². The molecule has 1 saturated heterocycles. The topological polar surface area (TPSA) is 203 Å². The highest BCUT2D eigenvalue weighted by Crippen LogP contribution is 2.52. The van der Waals surface area contributed by atoms with Gasteiger partial charge in [0.1, 0.15) is 34.8 Å². The van der Waals surface area contributed by atoms with Crippen LogP contribution in [0, 0.1) is 17.8 Å². The zero-order valence-corrected chi connectivity index (χ0v) is 41.7. The molecule has 7 rings (SSSR count). The van der Waals surface area contributed by atoms with Crippen molar-refractivity contribution in [1.82, 2.24) is 24.8 Å². The highest BCUT2D eigenvalue weighted by atomic mass is 32.2. The van der Waals surface area contributed by atoms with Crippen molar-refractivity contribution in [2.45, 2.75) is 153 Å². The van der Waals surface area contributed by atoms with Crippen LogP contribution in [0.15, 0.2) is 54.6 Å². The number of methoxy groups -OCH3 is 2. The first kappa shape index (κ1) is 51.1. The van der Waals surface area contributed by atoms with Crippen molar-refractivity contribution >= 4 is 44.6 Å². The third-order valence-corrected chi connectivity index (χ3v) is 16.6. The summed E-state index contributed by atoms with van der Waals surface area (Å²) in [6.07, 6.45) is 3.21. The molecule has 69 heavy (non-hydrogen) atoms. The highest BCUT2D eigenvalue weighted by molar-refractivity contribution is 7.91. The number of carbonyl (C=O) groups excluding carboxylic acids is 3. The van der Waals surface area contributed by atoms with Crippen molar-refractivity contribution < 1.29 is 60.4 Å². The monoisotopic (exact) mass is 981 g/mol. The maximum absolute atomic E-state index is 18.2. The molecule has 3 fully saturated rings. The van der Waals surface area contributed by atoms with Crippen LogP contribution >= 0.6 is 0 Å². The smallest absolute Gasteiger partial charge is 0.408 e. The summed E-state index contributed by atoms with van der Waals surface area (Å²) in [5, 5.41) is 14.0. The zero-order chi connectivity index (χ0) is 50.6. The van der Waals surface area contributed by atoms with Gasteiger partial charge in [0.15, 0.2) is 11.4 Å². The van der Waals surface area contributed by atoms with Crippen molar-refractivity contribution in [1.29, 1.82) is 0 Å². The fourth-order valence-electron chi connectivity index (χ4n) is 9.81. The average molecular weight is 982 g/mol. The number of hydrogen-bond donors (Lipinski definition) is 3. The van der Waals surface area contributed by atoms with Crippen molar-refractivity contribution in [2.24, 2.45) is 17.8 Å². The Kier molecular flexibility index (Phi) is 14.0. The van der Waals surface area contributed by atoms with Gasteiger partial charge in [-0.15, -0.1) is 0 Å². The summed E-state index contributed by atoms with van der Waals surface area (Å²) in [6, 6.07) is 2.72. The summed E-state index contributed by atoms with van der Waals surface area (Å²) < 4.78 is 88.0. The largest absolute Gasteiger partial charge is 0.497 e. The fourth-order valence-corrected chi connectivity index (χ4v) is 11.1. The van der Waals surface area contributed by atoms with E-state index in [4.69, 9.17) is 23.9 Å². The maximum atomic E-state index is 18.2. The van der Waals surface area contributed by atoms with Crippen LogP contribution in [0.25, 0.3) is 22.0 Å². The van der Waals surface area contributed by atoms with Gasteiger partial charge in [0, 0.05) is 34.7 Å². The molecule has 1 unspecified atom stereocenters. The first-order valence-corrected chi connectivity index (χ1v) is 25.1. The van der Waals surface area contributed by atoms with Gasteiger partial charge in [-0.2, -0.15) is 8.78 Å². The predicted molar refractivity (Wildman–Crippen MR) is 254 cm³/mol. The van der Waals surface area contributed by atoms with Crippen LogP contribution in [0.1, 0.15) is 107 Å². The Morgan fingerprint density at radius 1 is 1.00 bits per heavy atom. The van der Waals surface area contributed by atoms with Crippen LogP contribution in [-0.4, -0.2) is 113 Å². The number of aromatic nitrogens is 1. The lowest BCUT2D eigenvalue weighted by atomic mass is 9.86. The number of rotatable bonds is 13. The molecule has 3 aromatic rings. The number of benzene rings is 2. The van der Waals surface area contributed by atoms with Gasteiger partial charge in [0.2, 0.25) is 21.8 Å². The second kappa shape index (κ2) is 18.9. The van der Waals surface area contributed by atoms with Gasteiger partial charge >= 0.3 is 12.1 Å². The Morgan fingerprint density at radius 3 is 2.26 bits per heavy atom. The third-order valence-electron chi connectivity index (χ3n) is 14.5. The number of pyridine rings is 1. The number of nitrogens with one attached hydrogen (secondary N) is 2. The minimum absolute atomic E-state index is 0.0489. The molecule has 0 spiro atoms. The number of fused-ring (bicyclic) bond motifs is 3. The number of carboxylic acid groups (broad SMARTS) is 1. The number of sulfonamides is 1. The first-order chi connectivity index (χ1) is 32.4. The Balaban J connectivity index is 1.39. The van der Waals surface area contributed by atoms with E-state index < -0.39 is 92.2 Å². The Morgan fingerprint density at radius 2 is 1.67 bits per heavy atom. The summed E-state index contributed by atoms with van der Waals surface area (Å²) in [4.78, 5) is 63.7. The Labute approximate surface area is 402 Å². The SMILES string of the molecule is CCC(C)N(C(=O)O)[C@@H]1C(=O)N2[C@@H](C[C@@](C)(Oc3nc(-c4ccc(OC(C)C)cc4)c(OC)c4cc(OC)ccc34)C2(F)F)C(=O)N[C@]2(C(=O)NS(=O)(=O)C3(C)CC3)C[C@H]2/C=C\CC[C@H](C)C[C@H]1C. The van der Waals surface area contributed by atoms with E-state index in [1.54, 1.807) is 69.3 Å². The number of ether oxygens (including phenoxy) is 4. The molecule has 3 heterocycles. The number of amides is 4. The Hall–Kier alpha value is -5.72. The van der Waals surface area contributed by atoms with Crippen molar-refractivity contribution in [3.8, 4) is 34.4 Å². The maximum Gasteiger partial charge on any atom is 0.408 e. The third kappa shape index (κ3) is 9.51. The first-order valence-electron chi connectivity index (χ1n) is 23.7. The van der Waals surface area contributed by atoms with Crippen molar-refractivity contribution in [3.63, 3.8) is 0 Å². The molecule has 2 aromatic carbocycles. The summed E-state index contributed by atoms with van der Waals surface area (Å²) in [7, 11) is -1.31. The lowest BCUT2D eigenvalue weighted by Crippen LogP contribution is -2.64. The van der Waals surface area contributed by atoms with E-state index in [1.165, 1.54) is 21.1 Å².